The Labute approximate surface area is 175 Å². The molecule has 4 rings (SSSR count). The molecular weight excluding hydrogens is 404 g/mol. The van der Waals surface area contributed by atoms with E-state index in [9.17, 15) is 13.2 Å². The summed E-state index contributed by atoms with van der Waals surface area (Å²) >= 11 is 0. The number of carbonyl (C=O) groups excluding carboxylic acids is 1. The first-order valence-electron chi connectivity index (χ1n) is 9.70. The number of hydrogen-bond donors (Lipinski definition) is 1. The van der Waals surface area contributed by atoms with Gasteiger partial charge in [0.15, 0.2) is 0 Å². The second kappa shape index (κ2) is 8.37. The maximum Gasteiger partial charge on any atom is 0.275 e. The van der Waals surface area contributed by atoms with Crippen molar-refractivity contribution in [2.75, 3.05) is 25.5 Å². The number of nitrogens with zero attached hydrogens (tertiary/aromatic N) is 3. The van der Waals surface area contributed by atoms with Gasteiger partial charge in [0.2, 0.25) is 10.0 Å². The van der Waals surface area contributed by atoms with Crippen LogP contribution in [-0.2, 0) is 10.0 Å². The highest BCUT2D eigenvalue weighted by Crippen LogP contribution is 2.31. The standard InChI is InChI=1S/C21H22N4O4S/c1-29-19-10-9-15(13-20(19)30(27,28)25-11-5-2-6-12-25)23-21(26)18-14-22-16-7-3-4-8-17(16)24-18/h3-4,7-10,13-14H,2,5-6,11-12H2,1H3,(H,23,26). The third kappa shape index (κ3) is 3.99. The number of sulfonamides is 1. The van der Waals surface area contributed by atoms with E-state index >= 15 is 0 Å². The van der Waals surface area contributed by atoms with Gasteiger partial charge in [0.25, 0.3) is 5.91 Å². The predicted octanol–water partition coefficient (Wildman–Crippen LogP) is 3.07. The number of nitrogens with one attached hydrogen (secondary N) is 1. The fourth-order valence-corrected chi connectivity index (χ4v) is 5.16. The van der Waals surface area contributed by atoms with Crippen molar-refractivity contribution in [3.63, 3.8) is 0 Å². The number of ether oxygens (including phenoxy) is 1. The van der Waals surface area contributed by atoms with Crippen LogP contribution in [-0.4, -0.2) is 48.8 Å². The van der Waals surface area contributed by atoms with Crippen LogP contribution in [0.25, 0.3) is 11.0 Å². The molecule has 1 fully saturated rings. The molecule has 2 aromatic carbocycles. The van der Waals surface area contributed by atoms with E-state index in [4.69, 9.17) is 4.74 Å². The minimum atomic E-state index is -3.73. The van der Waals surface area contributed by atoms with Crippen molar-refractivity contribution in [1.82, 2.24) is 14.3 Å². The van der Waals surface area contributed by atoms with Crippen LogP contribution >= 0.6 is 0 Å². The zero-order valence-corrected chi connectivity index (χ0v) is 17.4. The number of anilines is 1. The molecule has 1 amide bonds. The lowest BCUT2D eigenvalue weighted by atomic mass is 10.2. The van der Waals surface area contributed by atoms with Gasteiger partial charge in [0, 0.05) is 18.8 Å². The molecule has 1 aromatic heterocycles. The normalized spacial score (nSPS) is 15.1. The van der Waals surface area contributed by atoms with E-state index in [1.807, 2.05) is 18.2 Å². The van der Waals surface area contributed by atoms with E-state index < -0.39 is 15.9 Å². The SMILES string of the molecule is COc1ccc(NC(=O)c2cnc3ccccc3n2)cc1S(=O)(=O)N1CCCCC1. The summed E-state index contributed by atoms with van der Waals surface area (Å²) in [6.45, 7) is 0.962. The first kappa shape index (κ1) is 20.2. The molecule has 1 aliphatic rings. The number of carbonyl (C=O) groups is 1. The van der Waals surface area contributed by atoms with Crippen molar-refractivity contribution in [3.05, 3.63) is 54.4 Å². The lowest BCUT2D eigenvalue weighted by Gasteiger charge is -2.26. The maximum atomic E-state index is 13.1. The molecule has 0 saturated carbocycles. The van der Waals surface area contributed by atoms with Crippen molar-refractivity contribution in [1.29, 1.82) is 0 Å². The van der Waals surface area contributed by atoms with Crippen molar-refractivity contribution < 1.29 is 17.9 Å². The van der Waals surface area contributed by atoms with Crippen LogP contribution in [0.15, 0.2) is 53.6 Å². The van der Waals surface area contributed by atoms with E-state index in [-0.39, 0.29) is 16.3 Å². The number of amides is 1. The van der Waals surface area contributed by atoms with Gasteiger partial charge < -0.3 is 10.1 Å². The Morgan fingerprint density at radius 1 is 1.07 bits per heavy atom. The molecular formula is C21H22N4O4S. The monoisotopic (exact) mass is 426 g/mol. The number of fused-ring (bicyclic) bond motifs is 1. The third-order valence-electron chi connectivity index (χ3n) is 5.04. The van der Waals surface area contributed by atoms with Gasteiger partial charge in [-0.3, -0.25) is 9.78 Å². The summed E-state index contributed by atoms with van der Waals surface area (Å²) in [6, 6.07) is 11.8. The third-order valence-corrected chi connectivity index (χ3v) is 6.96. The van der Waals surface area contributed by atoms with E-state index in [1.54, 1.807) is 18.2 Å². The van der Waals surface area contributed by atoms with E-state index in [2.05, 4.69) is 15.3 Å². The summed E-state index contributed by atoms with van der Waals surface area (Å²) in [7, 11) is -2.30. The average molecular weight is 426 g/mol. The molecule has 1 N–H and O–H groups in total. The first-order valence-corrected chi connectivity index (χ1v) is 11.1. The smallest absolute Gasteiger partial charge is 0.275 e. The topological polar surface area (TPSA) is 101 Å². The fourth-order valence-electron chi connectivity index (χ4n) is 3.46. The van der Waals surface area contributed by atoms with E-state index in [0.29, 0.717) is 29.8 Å². The number of aromatic nitrogens is 2. The van der Waals surface area contributed by atoms with Crippen molar-refractivity contribution >= 4 is 32.7 Å². The number of para-hydroxylation sites is 2. The number of rotatable bonds is 5. The van der Waals surface area contributed by atoms with Crippen LogP contribution in [0.1, 0.15) is 29.8 Å². The Kier molecular flexibility index (Phi) is 5.65. The van der Waals surface area contributed by atoms with Gasteiger partial charge in [-0.05, 0) is 43.2 Å². The minimum absolute atomic E-state index is 0.0364. The van der Waals surface area contributed by atoms with Crippen molar-refractivity contribution in [3.8, 4) is 5.75 Å². The molecule has 0 unspecified atom stereocenters. The van der Waals surface area contributed by atoms with Crippen LogP contribution < -0.4 is 10.1 Å². The fraction of sp³-hybridized carbons (Fsp3) is 0.286. The summed E-state index contributed by atoms with van der Waals surface area (Å²) in [5, 5.41) is 2.71. The van der Waals surface area contributed by atoms with E-state index in [0.717, 1.165) is 19.3 Å². The van der Waals surface area contributed by atoms with Gasteiger partial charge in [0.05, 0.1) is 24.3 Å². The van der Waals surface area contributed by atoms with Gasteiger partial charge in [-0.1, -0.05) is 18.6 Å². The van der Waals surface area contributed by atoms with Crippen LogP contribution in [0, 0.1) is 0 Å². The van der Waals surface area contributed by atoms with Crippen molar-refractivity contribution in [2.24, 2.45) is 0 Å². The molecule has 30 heavy (non-hydrogen) atoms. The highest BCUT2D eigenvalue weighted by atomic mass is 32.2. The molecule has 0 spiro atoms. The Morgan fingerprint density at radius 3 is 2.53 bits per heavy atom. The van der Waals surface area contributed by atoms with Gasteiger partial charge in [-0.25, -0.2) is 13.4 Å². The largest absolute Gasteiger partial charge is 0.495 e. The van der Waals surface area contributed by atoms with Gasteiger partial charge in [-0.15, -0.1) is 0 Å². The molecule has 3 aromatic rings. The zero-order chi connectivity index (χ0) is 21.1. The maximum absolute atomic E-state index is 13.1. The number of piperidine rings is 1. The molecule has 0 bridgehead atoms. The molecule has 8 nitrogen and oxygen atoms in total. The Balaban J connectivity index is 1.62. The molecule has 0 atom stereocenters. The lowest BCUT2D eigenvalue weighted by Crippen LogP contribution is -2.35. The van der Waals surface area contributed by atoms with Gasteiger partial charge >= 0.3 is 0 Å². The molecule has 9 heteroatoms. The average Bonchev–Trinajstić information content (AvgIpc) is 2.79. The highest BCUT2D eigenvalue weighted by molar-refractivity contribution is 7.89. The number of benzene rings is 2. The summed E-state index contributed by atoms with van der Waals surface area (Å²) < 4.78 is 33.0. The van der Waals surface area contributed by atoms with Gasteiger partial charge in [-0.2, -0.15) is 4.31 Å². The van der Waals surface area contributed by atoms with Crippen LogP contribution in [0.4, 0.5) is 5.69 Å². The molecule has 0 aliphatic carbocycles. The highest BCUT2D eigenvalue weighted by Gasteiger charge is 2.29. The van der Waals surface area contributed by atoms with Crippen LogP contribution in [0.5, 0.6) is 5.75 Å². The van der Waals surface area contributed by atoms with Crippen LogP contribution in [0.3, 0.4) is 0 Å². The molecule has 1 saturated heterocycles. The second-order valence-electron chi connectivity index (χ2n) is 7.03. The first-order chi connectivity index (χ1) is 14.5. The van der Waals surface area contributed by atoms with Crippen molar-refractivity contribution in [2.45, 2.75) is 24.2 Å². The number of methoxy groups -OCH3 is 1. The lowest BCUT2D eigenvalue weighted by molar-refractivity contribution is 0.102. The zero-order valence-electron chi connectivity index (χ0n) is 16.5. The minimum Gasteiger partial charge on any atom is -0.495 e. The second-order valence-corrected chi connectivity index (χ2v) is 8.93. The quantitative estimate of drug-likeness (QED) is 0.673. The Bertz CT molecular complexity index is 1190. The molecule has 1 aliphatic heterocycles. The van der Waals surface area contributed by atoms with Gasteiger partial charge in [0.1, 0.15) is 16.3 Å². The van der Waals surface area contributed by atoms with Crippen LogP contribution in [0.2, 0.25) is 0 Å². The number of hydrogen-bond acceptors (Lipinski definition) is 6. The molecule has 156 valence electrons. The summed E-state index contributed by atoms with van der Waals surface area (Å²) in [6.07, 6.45) is 4.08. The summed E-state index contributed by atoms with van der Waals surface area (Å²) in [5.74, 6) is -0.233. The molecule has 2 heterocycles. The Hall–Kier alpha value is -3.04. The summed E-state index contributed by atoms with van der Waals surface area (Å²) in [4.78, 5) is 21.3. The predicted molar refractivity (Wildman–Crippen MR) is 113 cm³/mol. The molecule has 0 radical (unpaired) electrons. The Morgan fingerprint density at radius 2 is 1.80 bits per heavy atom. The summed E-state index contributed by atoms with van der Waals surface area (Å²) in [5.41, 5.74) is 1.78. The van der Waals surface area contributed by atoms with E-state index in [1.165, 1.54) is 23.7 Å².